The lowest BCUT2D eigenvalue weighted by Gasteiger charge is -2.51. The van der Waals surface area contributed by atoms with Gasteiger partial charge >= 0.3 is 0 Å². The van der Waals surface area contributed by atoms with Gasteiger partial charge in [0.2, 0.25) is 0 Å². The summed E-state index contributed by atoms with van der Waals surface area (Å²) in [6, 6.07) is 17.0. The molecule has 1 fully saturated rings. The van der Waals surface area contributed by atoms with Crippen molar-refractivity contribution in [1.82, 2.24) is 9.97 Å². The van der Waals surface area contributed by atoms with Gasteiger partial charge in [0.1, 0.15) is 0 Å². The first kappa shape index (κ1) is 26.0. The number of benzene rings is 2. The number of aromatic nitrogens is 2. The van der Waals surface area contributed by atoms with E-state index in [0.29, 0.717) is 23.2 Å². The smallest absolute Gasteiger partial charge is 0.256 e. The molecule has 0 bridgehead atoms. The number of fused-ring (bicyclic) bond motifs is 3. The van der Waals surface area contributed by atoms with E-state index >= 15 is 0 Å². The van der Waals surface area contributed by atoms with Crippen LogP contribution in [0.15, 0.2) is 54.7 Å². The maximum atomic E-state index is 13.1. The molecular weight excluding hydrogens is 446 g/mol. The molecule has 1 heterocycles. The van der Waals surface area contributed by atoms with E-state index in [2.05, 4.69) is 57.7 Å². The van der Waals surface area contributed by atoms with Crippen LogP contribution >= 0.6 is 0 Å². The molecule has 2 aliphatic carbocycles. The summed E-state index contributed by atoms with van der Waals surface area (Å²) < 4.78 is 0. The second-order valence-electron chi connectivity index (χ2n) is 10.1. The van der Waals surface area contributed by atoms with Gasteiger partial charge < -0.3 is 10.4 Å². The fraction of sp³-hybridized carbons (Fsp3) is 0.452. The number of anilines is 1. The lowest BCUT2D eigenvalue weighted by molar-refractivity contribution is 0.0823. The van der Waals surface area contributed by atoms with Crippen molar-refractivity contribution < 1.29 is 9.90 Å². The van der Waals surface area contributed by atoms with Crippen molar-refractivity contribution in [3.63, 3.8) is 0 Å². The van der Waals surface area contributed by atoms with E-state index in [-0.39, 0.29) is 17.9 Å². The minimum atomic E-state index is -0.146. The molecule has 1 saturated carbocycles. The molecule has 5 heteroatoms. The quantitative estimate of drug-likeness (QED) is 0.451. The third kappa shape index (κ3) is 5.22. The van der Waals surface area contributed by atoms with Crippen LogP contribution in [-0.2, 0) is 18.3 Å². The van der Waals surface area contributed by atoms with Gasteiger partial charge in [0, 0.05) is 17.6 Å². The molecule has 3 atom stereocenters. The molecule has 0 spiro atoms. The van der Waals surface area contributed by atoms with Crippen molar-refractivity contribution in [3.8, 4) is 0 Å². The van der Waals surface area contributed by atoms with E-state index in [1.807, 2.05) is 33.8 Å². The minimum Gasteiger partial charge on any atom is -0.396 e. The van der Waals surface area contributed by atoms with E-state index in [1.165, 1.54) is 16.7 Å². The van der Waals surface area contributed by atoms with Crippen molar-refractivity contribution in [2.45, 2.75) is 71.6 Å². The van der Waals surface area contributed by atoms with Crippen molar-refractivity contribution in [3.05, 3.63) is 88.4 Å². The summed E-state index contributed by atoms with van der Waals surface area (Å²) in [5.74, 6) is 1.32. The number of amides is 1. The van der Waals surface area contributed by atoms with Gasteiger partial charge in [0.05, 0.1) is 17.6 Å². The standard InChI is InChI=1S/C29H33N3O2.C2H6/c1-19-17-30-27(20(2)31-19)32-28(34)24-9-11-26-23(15-24)8-10-25-14-22(18-33)12-13-29(25,26)16-21-6-4-3-5-7-21;1-2/h3-7,9,11,15,17,22,25,33H,8,10,12-14,16,18H2,1-2H3,(H,30,32,34);1-2H3/t22-,25?,29+;/m1./s1. The van der Waals surface area contributed by atoms with E-state index in [4.69, 9.17) is 0 Å². The molecule has 190 valence electrons. The molecule has 0 radical (unpaired) electrons. The molecule has 0 saturated heterocycles. The first-order chi connectivity index (χ1) is 17.5. The number of nitrogens with one attached hydrogen (secondary N) is 1. The molecule has 1 amide bonds. The summed E-state index contributed by atoms with van der Waals surface area (Å²) in [6.45, 7) is 8.03. The van der Waals surface area contributed by atoms with E-state index in [1.54, 1.807) is 6.20 Å². The molecule has 0 aliphatic heterocycles. The largest absolute Gasteiger partial charge is 0.396 e. The number of carbonyl (C=O) groups is 1. The normalized spacial score (nSPS) is 22.5. The molecule has 3 aromatic rings. The van der Waals surface area contributed by atoms with E-state index < -0.39 is 0 Å². The number of carbonyl (C=O) groups excluding carboxylic acids is 1. The number of aliphatic hydroxyl groups is 1. The molecule has 1 unspecified atom stereocenters. The van der Waals surface area contributed by atoms with Crippen LogP contribution in [0.25, 0.3) is 0 Å². The highest BCUT2D eigenvalue weighted by Gasteiger charge is 2.47. The Kier molecular flexibility index (Phi) is 8.20. The first-order valence-corrected chi connectivity index (χ1v) is 13.4. The van der Waals surface area contributed by atoms with Crippen LogP contribution in [0.5, 0.6) is 0 Å². The Morgan fingerprint density at radius 3 is 2.61 bits per heavy atom. The van der Waals surface area contributed by atoms with Gasteiger partial charge in [-0.1, -0.05) is 50.2 Å². The summed E-state index contributed by atoms with van der Waals surface area (Å²) in [7, 11) is 0. The Labute approximate surface area is 215 Å². The molecule has 2 aromatic carbocycles. The van der Waals surface area contributed by atoms with Gasteiger partial charge in [-0.05, 0) is 93.0 Å². The fourth-order valence-corrected chi connectivity index (χ4v) is 6.27. The fourth-order valence-electron chi connectivity index (χ4n) is 6.27. The predicted molar refractivity (Wildman–Crippen MR) is 145 cm³/mol. The maximum Gasteiger partial charge on any atom is 0.256 e. The van der Waals surface area contributed by atoms with Crippen molar-refractivity contribution in [2.75, 3.05) is 11.9 Å². The Bertz CT molecular complexity index is 1190. The molecule has 5 rings (SSSR count). The van der Waals surface area contributed by atoms with E-state index in [9.17, 15) is 9.90 Å². The molecular formula is C31H39N3O2. The summed E-state index contributed by atoms with van der Waals surface area (Å²) in [5, 5.41) is 12.8. The van der Waals surface area contributed by atoms with Crippen LogP contribution in [0.4, 0.5) is 5.82 Å². The topological polar surface area (TPSA) is 75.1 Å². The van der Waals surface area contributed by atoms with Crippen LogP contribution in [-0.4, -0.2) is 27.6 Å². The summed E-state index contributed by atoms with van der Waals surface area (Å²) in [6.07, 6.45) is 7.96. The van der Waals surface area contributed by atoms with E-state index in [0.717, 1.165) is 49.9 Å². The first-order valence-electron chi connectivity index (χ1n) is 13.4. The Morgan fingerprint density at radius 2 is 1.89 bits per heavy atom. The second-order valence-corrected chi connectivity index (χ2v) is 10.1. The van der Waals surface area contributed by atoms with Gasteiger partial charge in [-0.2, -0.15) is 0 Å². The highest BCUT2D eigenvalue weighted by Crippen LogP contribution is 2.53. The van der Waals surface area contributed by atoms with Crippen molar-refractivity contribution in [1.29, 1.82) is 0 Å². The van der Waals surface area contributed by atoms with Crippen LogP contribution in [0.1, 0.15) is 78.0 Å². The SMILES string of the molecule is CC.Cc1cnc(NC(=O)c2ccc3c(c2)CCC2C[C@H](CO)CC[C@@]32Cc2ccccc2)c(C)n1. The van der Waals surface area contributed by atoms with Crippen LogP contribution in [0.3, 0.4) is 0 Å². The zero-order valence-corrected chi connectivity index (χ0v) is 22.1. The molecule has 1 aromatic heterocycles. The van der Waals surface area contributed by atoms with Gasteiger partial charge in [-0.25, -0.2) is 4.98 Å². The van der Waals surface area contributed by atoms with Crippen molar-refractivity contribution >= 4 is 11.7 Å². The monoisotopic (exact) mass is 485 g/mol. The average molecular weight is 486 g/mol. The molecule has 36 heavy (non-hydrogen) atoms. The number of rotatable bonds is 5. The lowest BCUT2D eigenvalue weighted by Crippen LogP contribution is -2.46. The number of nitrogens with zero attached hydrogens (tertiary/aromatic N) is 2. The summed E-state index contributed by atoms with van der Waals surface area (Å²) >= 11 is 0. The summed E-state index contributed by atoms with van der Waals surface area (Å²) in [4.78, 5) is 21.8. The lowest BCUT2D eigenvalue weighted by atomic mass is 9.53. The number of hydrogen-bond acceptors (Lipinski definition) is 4. The Balaban J connectivity index is 0.00000148. The van der Waals surface area contributed by atoms with Crippen molar-refractivity contribution in [2.24, 2.45) is 11.8 Å². The third-order valence-electron chi connectivity index (χ3n) is 7.98. The van der Waals surface area contributed by atoms with Crippen LogP contribution in [0, 0.1) is 25.7 Å². The number of aliphatic hydroxyl groups excluding tert-OH is 1. The molecule has 5 nitrogen and oxygen atoms in total. The highest BCUT2D eigenvalue weighted by molar-refractivity contribution is 6.04. The second kappa shape index (κ2) is 11.3. The van der Waals surface area contributed by atoms with Crippen LogP contribution < -0.4 is 5.32 Å². The Morgan fingerprint density at radius 1 is 1.11 bits per heavy atom. The Hall–Kier alpha value is -3.05. The summed E-state index contributed by atoms with van der Waals surface area (Å²) in [5.41, 5.74) is 6.32. The highest BCUT2D eigenvalue weighted by atomic mass is 16.3. The third-order valence-corrected chi connectivity index (χ3v) is 7.98. The van der Waals surface area contributed by atoms with Gasteiger partial charge in [0.25, 0.3) is 5.91 Å². The average Bonchev–Trinajstić information content (AvgIpc) is 2.91. The van der Waals surface area contributed by atoms with Gasteiger partial charge in [0.15, 0.2) is 5.82 Å². The van der Waals surface area contributed by atoms with Crippen LogP contribution in [0.2, 0.25) is 0 Å². The molecule has 2 aliphatic rings. The van der Waals surface area contributed by atoms with Gasteiger partial charge in [-0.3, -0.25) is 9.78 Å². The zero-order valence-electron chi connectivity index (χ0n) is 22.1. The molecule has 2 N–H and O–H groups in total. The van der Waals surface area contributed by atoms with Gasteiger partial charge in [-0.15, -0.1) is 0 Å². The predicted octanol–water partition coefficient (Wildman–Crippen LogP) is 6.21. The number of aryl methyl sites for hydroxylation is 3. The zero-order chi connectivity index (χ0) is 25.7. The minimum absolute atomic E-state index is 0.0641. The number of hydrogen-bond donors (Lipinski definition) is 2. The maximum absolute atomic E-state index is 13.1.